The van der Waals surface area contributed by atoms with Crippen molar-refractivity contribution in [3.63, 3.8) is 0 Å². The van der Waals surface area contributed by atoms with Crippen molar-refractivity contribution in [2.75, 3.05) is 6.54 Å². The highest BCUT2D eigenvalue weighted by atomic mass is 19.1. The zero-order chi connectivity index (χ0) is 19.8. The third-order valence-corrected chi connectivity index (χ3v) is 5.38. The van der Waals surface area contributed by atoms with Gasteiger partial charge in [-0.3, -0.25) is 14.4 Å². The van der Waals surface area contributed by atoms with Gasteiger partial charge in [-0.15, -0.1) is 0 Å². The zero-order valence-electron chi connectivity index (χ0n) is 15.1. The van der Waals surface area contributed by atoms with Gasteiger partial charge in [0.15, 0.2) is 5.75 Å². The second kappa shape index (κ2) is 7.10. The minimum Gasteiger partial charge on any atom is -0.502 e. The average Bonchev–Trinajstić information content (AvgIpc) is 2.64. The standard InChI is InChI=1S/C20H20FN3O4/c21-12-6-4-11(5-7-12)10-24-9-8-14-15(20(24)28)17(25)19(27)23-16(14)18(26)22-13-2-1-3-13/h4-7,13,25H,1-3,8-10H2,(H,22,26)(H,23,27). The van der Waals surface area contributed by atoms with Gasteiger partial charge in [-0.25, -0.2) is 4.39 Å². The highest BCUT2D eigenvalue weighted by Gasteiger charge is 2.33. The summed E-state index contributed by atoms with van der Waals surface area (Å²) in [5.74, 6) is -2.00. The Morgan fingerprint density at radius 1 is 1.25 bits per heavy atom. The third-order valence-electron chi connectivity index (χ3n) is 5.38. The van der Waals surface area contributed by atoms with Crippen LogP contribution in [-0.4, -0.2) is 39.4 Å². The summed E-state index contributed by atoms with van der Waals surface area (Å²) in [5.41, 5.74) is 0.129. The topological polar surface area (TPSA) is 102 Å². The van der Waals surface area contributed by atoms with Gasteiger partial charge in [0, 0.05) is 19.1 Å². The number of halogens is 1. The number of aromatic amines is 1. The number of rotatable bonds is 4. The lowest BCUT2D eigenvalue weighted by Crippen LogP contribution is -2.43. The van der Waals surface area contributed by atoms with Crippen molar-refractivity contribution < 1.29 is 19.1 Å². The molecule has 0 radical (unpaired) electrons. The van der Waals surface area contributed by atoms with Crippen molar-refractivity contribution in [2.24, 2.45) is 0 Å². The third kappa shape index (κ3) is 3.26. The summed E-state index contributed by atoms with van der Waals surface area (Å²) >= 11 is 0. The molecule has 2 aliphatic rings. The lowest BCUT2D eigenvalue weighted by atomic mass is 9.92. The van der Waals surface area contributed by atoms with Gasteiger partial charge in [-0.2, -0.15) is 0 Å². The van der Waals surface area contributed by atoms with Crippen LogP contribution >= 0.6 is 0 Å². The summed E-state index contributed by atoms with van der Waals surface area (Å²) in [4.78, 5) is 41.5. The molecule has 146 valence electrons. The molecule has 1 aromatic carbocycles. The number of aromatic nitrogens is 1. The van der Waals surface area contributed by atoms with Crippen LogP contribution in [0.4, 0.5) is 4.39 Å². The van der Waals surface area contributed by atoms with E-state index >= 15 is 0 Å². The molecule has 2 aromatic rings. The van der Waals surface area contributed by atoms with Crippen molar-refractivity contribution in [2.45, 2.75) is 38.3 Å². The number of hydrogen-bond acceptors (Lipinski definition) is 4. The lowest BCUT2D eigenvalue weighted by molar-refractivity contribution is 0.0722. The summed E-state index contributed by atoms with van der Waals surface area (Å²) in [6.45, 7) is 0.535. The molecule has 8 heteroatoms. The summed E-state index contributed by atoms with van der Waals surface area (Å²) in [7, 11) is 0. The molecular formula is C20H20FN3O4. The Bertz CT molecular complexity index is 996. The minimum absolute atomic E-state index is 0.0412. The molecule has 1 aliphatic carbocycles. The van der Waals surface area contributed by atoms with E-state index in [1.165, 1.54) is 17.0 Å². The first-order chi connectivity index (χ1) is 13.4. The lowest BCUT2D eigenvalue weighted by Gasteiger charge is -2.31. The van der Waals surface area contributed by atoms with Gasteiger partial charge in [-0.1, -0.05) is 12.1 Å². The van der Waals surface area contributed by atoms with Gasteiger partial charge in [0.1, 0.15) is 11.5 Å². The quantitative estimate of drug-likeness (QED) is 0.745. The second-order valence-electron chi connectivity index (χ2n) is 7.24. The maximum Gasteiger partial charge on any atom is 0.291 e. The number of carbonyl (C=O) groups excluding carboxylic acids is 2. The number of benzene rings is 1. The molecule has 0 spiro atoms. The Morgan fingerprint density at radius 2 is 1.96 bits per heavy atom. The van der Waals surface area contributed by atoms with E-state index in [9.17, 15) is 23.9 Å². The van der Waals surface area contributed by atoms with Gasteiger partial charge >= 0.3 is 0 Å². The van der Waals surface area contributed by atoms with Gasteiger partial charge in [0.25, 0.3) is 17.4 Å². The van der Waals surface area contributed by atoms with Crippen LogP contribution in [0.15, 0.2) is 29.1 Å². The predicted octanol–water partition coefficient (Wildman–Crippen LogP) is 1.70. The van der Waals surface area contributed by atoms with Gasteiger partial charge < -0.3 is 20.3 Å². The van der Waals surface area contributed by atoms with E-state index < -0.39 is 23.1 Å². The van der Waals surface area contributed by atoms with Crippen LogP contribution in [0.1, 0.15) is 51.2 Å². The van der Waals surface area contributed by atoms with E-state index in [0.29, 0.717) is 18.5 Å². The van der Waals surface area contributed by atoms with Crippen molar-refractivity contribution >= 4 is 11.8 Å². The molecule has 7 nitrogen and oxygen atoms in total. The first-order valence-electron chi connectivity index (χ1n) is 9.26. The van der Waals surface area contributed by atoms with Crippen LogP contribution in [0.25, 0.3) is 0 Å². The number of aromatic hydroxyl groups is 1. The number of nitrogens with zero attached hydrogens (tertiary/aromatic N) is 1. The number of fused-ring (bicyclic) bond motifs is 1. The highest BCUT2D eigenvalue weighted by Crippen LogP contribution is 2.28. The maximum absolute atomic E-state index is 13.1. The van der Waals surface area contributed by atoms with E-state index in [4.69, 9.17) is 0 Å². The van der Waals surface area contributed by atoms with Crippen LogP contribution in [0.5, 0.6) is 5.75 Å². The smallest absolute Gasteiger partial charge is 0.291 e. The van der Waals surface area contributed by atoms with Gasteiger partial charge in [-0.05, 0) is 48.9 Å². The van der Waals surface area contributed by atoms with Crippen LogP contribution < -0.4 is 10.9 Å². The molecule has 2 heterocycles. The van der Waals surface area contributed by atoms with E-state index in [-0.39, 0.29) is 29.7 Å². The van der Waals surface area contributed by atoms with Crippen LogP contribution in [0.3, 0.4) is 0 Å². The molecule has 1 aliphatic heterocycles. The van der Waals surface area contributed by atoms with Crippen LogP contribution in [0, 0.1) is 5.82 Å². The molecule has 0 unspecified atom stereocenters. The van der Waals surface area contributed by atoms with E-state index in [1.807, 2.05) is 0 Å². The number of carbonyl (C=O) groups is 2. The Morgan fingerprint density at radius 3 is 2.61 bits per heavy atom. The number of pyridine rings is 1. The van der Waals surface area contributed by atoms with Crippen molar-refractivity contribution in [3.8, 4) is 5.75 Å². The summed E-state index contributed by atoms with van der Waals surface area (Å²) in [5, 5.41) is 13.1. The van der Waals surface area contributed by atoms with Gasteiger partial charge in [0.2, 0.25) is 0 Å². The minimum atomic E-state index is -0.866. The SMILES string of the molecule is O=C(NC1CCC1)c1[nH]c(=O)c(O)c2c1CCN(Cc1ccc(F)cc1)C2=O. The van der Waals surface area contributed by atoms with Crippen LogP contribution in [0.2, 0.25) is 0 Å². The van der Waals surface area contributed by atoms with E-state index in [1.54, 1.807) is 12.1 Å². The highest BCUT2D eigenvalue weighted by molar-refractivity contribution is 6.03. The van der Waals surface area contributed by atoms with Crippen molar-refractivity contribution in [3.05, 3.63) is 62.8 Å². The number of amides is 2. The molecule has 0 bridgehead atoms. The maximum atomic E-state index is 13.1. The molecule has 3 N–H and O–H groups in total. The first-order valence-corrected chi connectivity index (χ1v) is 9.26. The Hall–Kier alpha value is -3.16. The second-order valence-corrected chi connectivity index (χ2v) is 7.24. The monoisotopic (exact) mass is 385 g/mol. The molecule has 0 saturated heterocycles. The Balaban J connectivity index is 1.64. The molecule has 4 rings (SSSR count). The van der Waals surface area contributed by atoms with Crippen molar-refractivity contribution in [1.82, 2.24) is 15.2 Å². The average molecular weight is 385 g/mol. The number of H-pyrrole nitrogens is 1. The Kier molecular flexibility index (Phi) is 4.62. The largest absolute Gasteiger partial charge is 0.502 e. The normalized spacial score (nSPS) is 16.5. The van der Waals surface area contributed by atoms with Gasteiger partial charge in [0.05, 0.1) is 5.56 Å². The molecule has 1 aromatic heterocycles. The number of hydrogen-bond donors (Lipinski definition) is 3. The first kappa shape index (κ1) is 18.2. The van der Waals surface area contributed by atoms with Crippen LogP contribution in [-0.2, 0) is 13.0 Å². The molecule has 0 atom stereocenters. The summed E-state index contributed by atoms with van der Waals surface area (Å²) in [6.07, 6.45) is 3.15. The summed E-state index contributed by atoms with van der Waals surface area (Å²) < 4.78 is 13.1. The molecule has 1 saturated carbocycles. The zero-order valence-corrected chi connectivity index (χ0v) is 15.1. The Labute approximate surface area is 160 Å². The molecule has 2 amide bonds. The van der Waals surface area contributed by atoms with E-state index in [2.05, 4.69) is 10.3 Å². The fourth-order valence-electron chi connectivity index (χ4n) is 3.58. The number of nitrogens with one attached hydrogen (secondary N) is 2. The van der Waals surface area contributed by atoms with E-state index in [0.717, 1.165) is 24.8 Å². The molecular weight excluding hydrogens is 365 g/mol. The fraction of sp³-hybridized carbons (Fsp3) is 0.350. The van der Waals surface area contributed by atoms with Crippen molar-refractivity contribution in [1.29, 1.82) is 0 Å². The molecule has 28 heavy (non-hydrogen) atoms. The fourth-order valence-corrected chi connectivity index (χ4v) is 3.58. The molecule has 1 fully saturated rings. The summed E-state index contributed by atoms with van der Waals surface area (Å²) in [6, 6.07) is 5.85. The predicted molar refractivity (Wildman–Crippen MR) is 98.7 cm³/mol.